The molecule has 3 aromatic rings. The van der Waals surface area contributed by atoms with Gasteiger partial charge in [-0.05, 0) is 53.1 Å². The summed E-state index contributed by atoms with van der Waals surface area (Å²) in [5.74, 6) is 2.55. The number of anilines is 1. The lowest BCUT2D eigenvalue weighted by molar-refractivity contribution is 0.297. The smallest absolute Gasteiger partial charge is 0.200 e. The number of hydrogen-bond donors (Lipinski definition) is 0. The minimum Gasteiger partial charge on any atom is -0.490 e. The van der Waals surface area contributed by atoms with E-state index < -0.39 is 0 Å². The molecule has 1 unspecified atom stereocenters. The third-order valence-corrected chi connectivity index (χ3v) is 4.76. The van der Waals surface area contributed by atoms with Crippen molar-refractivity contribution in [3.8, 4) is 11.5 Å². The Morgan fingerprint density at radius 2 is 1.92 bits per heavy atom. The van der Waals surface area contributed by atoms with Crippen LogP contribution in [-0.2, 0) is 0 Å². The van der Waals surface area contributed by atoms with E-state index in [1.54, 1.807) is 0 Å². The molecule has 1 saturated heterocycles. The van der Waals surface area contributed by atoms with Crippen molar-refractivity contribution in [2.45, 2.75) is 25.3 Å². The van der Waals surface area contributed by atoms with E-state index in [4.69, 9.17) is 9.47 Å². The molecule has 1 atom stereocenters. The second kappa shape index (κ2) is 5.87. The Balaban J connectivity index is 1.49. The van der Waals surface area contributed by atoms with Crippen LogP contribution in [0.3, 0.4) is 0 Å². The number of nitrogens with zero attached hydrogens (tertiary/aromatic N) is 6. The van der Waals surface area contributed by atoms with Gasteiger partial charge in [0.15, 0.2) is 23.0 Å². The van der Waals surface area contributed by atoms with Gasteiger partial charge in [-0.2, -0.15) is 0 Å². The fourth-order valence-electron chi connectivity index (χ4n) is 3.57. The van der Waals surface area contributed by atoms with Gasteiger partial charge in [-0.15, -0.1) is 14.8 Å². The third kappa shape index (κ3) is 2.54. The third-order valence-electron chi connectivity index (χ3n) is 4.76. The van der Waals surface area contributed by atoms with Crippen molar-refractivity contribution in [3.63, 3.8) is 0 Å². The molecule has 0 saturated carbocycles. The summed E-state index contributed by atoms with van der Waals surface area (Å²) in [5, 5.41) is 16.0. The van der Waals surface area contributed by atoms with E-state index in [0.29, 0.717) is 18.9 Å². The average molecular weight is 338 g/mol. The first-order valence-corrected chi connectivity index (χ1v) is 8.60. The highest BCUT2D eigenvalue weighted by atomic mass is 16.5. The van der Waals surface area contributed by atoms with E-state index in [9.17, 15) is 0 Å². The highest BCUT2D eigenvalue weighted by Gasteiger charge is 2.28. The highest BCUT2D eigenvalue weighted by molar-refractivity contribution is 5.50. The standard InChI is InChI=1S/C17H18N6O2/c1-3-13(12-4-5-14-15(11-12)25-10-2-9-24-14)22(8-1)17-7-6-16-18-20-21-23(16)19-17/h4-7,11,13H,1-3,8-10H2. The maximum atomic E-state index is 5.85. The number of rotatable bonds is 2. The van der Waals surface area contributed by atoms with E-state index in [-0.39, 0.29) is 6.04 Å². The summed E-state index contributed by atoms with van der Waals surface area (Å²) in [4.78, 5) is 2.31. The molecule has 0 radical (unpaired) electrons. The summed E-state index contributed by atoms with van der Waals surface area (Å²) in [6.45, 7) is 2.36. The summed E-state index contributed by atoms with van der Waals surface area (Å²) in [7, 11) is 0. The van der Waals surface area contributed by atoms with E-state index >= 15 is 0 Å². The Morgan fingerprint density at radius 1 is 1.00 bits per heavy atom. The van der Waals surface area contributed by atoms with Gasteiger partial charge in [0, 0.05) is 13.0 Å². The molecule has 1 fully saturated rings. The summed E-state index contributed by atoms with van der Waals surface area (Å²) in [6, 6.07) is 10.4. The number of fused-ring (bicyclic) bond motifs is 2. The lowest BCUT2D eigenvalue weighted by atomic mass is 10.0. The van der Waals surface area contributed by atoms with E-state index in [1.165, 1.54) is 10.2 Å². The molecule has 0 bridgehead atoms. The molecule has 1 aromatic carbocycles. The zero-order valence-corrected chi connectivity index (χ0v) is 13.7. The van der Waals surface area contributed by atoms with Gasteiger partial charge >= 0.3 is 0 Å². The van der Waals surface area contributed by atoms with Gasteiger partial charge in [-0.1, -0.05) is 6.07 Å². The van der Waals surface area contributed by atoms with Gasteiger partial charge in [0.1, 0.15) is 0 Å². The lowest BCUT2D eigenvalue weighted by Crippen LogP contribution is -2.24. The van der Waals surface area contributed by atoms with Crippen LogP contribution in [0.5, 0.6) is 11.5 Å². The van der Waals surface area contributed by atoms with Gasteiger partial charge in [0.05, 0.1) is 19.3 Å². The van der Waals surface area contributed by atoms with Crippen molar-refractivity contribution in [2.24, 2.45) is 0 Å². The quantitative estimate of drug-likeness (QED) is 0.707. The molecule has 25 heavy (non-hydrogen) atoms. The van der Waals surface area contributed by atoms with Crippen LogP contribution in [0, 0.1) is 0 Å². The molecule has 0 spiro atoms. The fourth-order valence-corrected chi connectivity index (χ4v) is 3.57. The Kier molecular flexibility index (Phi) is 3.39. The van der Waals surface area contributed by atoms with Crippen molar-refractivity contribution < 1.29 is 9.47 Å². The summed E-state index contributed by atoms with van der Waals surface area (Å²) >= 11 is 0. The zero-order valence-electron chi connectivity index (χ0n) is 13.7. The van der Waals surface area contributed by atoms with Gasteiger partial charge in [0.2, 0.25) is 0 Å². The molecule has 2 aliphatic rings. The predicted molar refractivity (Wildman–Crippen MR) is 89.9 cm³/mol. The minimum atomic E-state index is 0.263. The monoisotopic (exact) mass is 338 g/mol. The largest absolute Gasteiger partial charge is 0.490 e. The molecule has 128 valence electrons. The topological polar surface area (TPSA) is 77.7 Å². The lowest BCUT2D eigenvalue weighted by Gasteiger charge is -2.26. The van der Waals surface area contributed by atoms with Gasteiger partial charge in [-0.3, -0.25) is 0 Å². The van der Waals surface area contributed by atoms with Crippen molar-refractivity contribution in [1.29, 1.82) is 0 Å². The highest BCUT2D eigenvalue weighted by Crippen LogP contribution is 2.39. The van der Waals surface area contributed by atoms with Gasteiger partial charge in [0.25, 0.3) is 0 Å². The summed E-state index contributed by atoms with van der Waals surface area (Å²) < 4.78 is 13.1. The minimum absolute atomic E-state index is 0.263. The molecule has 2 aliphatic heterocycles. The summed E-state index contributed by atoms with van der Waals surface area (Å²) in [5.41, 5.74) is 1.87. The maximum absolute atomic E-state index is 5.85. The second-order valence-corrected chi connectivity index (χ2v) is 6.33. The molecular weight excluding hydrogens is 320 g/mol. The molecule has 5 rings (SSSR count). The first-order chi connectivity index (χ1) is 12.4. The average Bonchev–Trinajstić information content (AvgIpc) is 3.25. The van der Waals surface area contributed by atoms with Crippen LogP contribution in [-0.4, -0.2) is 45.0 Å². The van der Waals surface area contributed by atoms with Crippen molar-refractivity contribution in [1.82, 2.24) is 25.3 Å². The first kappa shape index (κ1) is 14.4. The van der Waals surface area contributed by atoms with Crippen molar-refractivity contribution in [2.75, 3.05) is 24.7 Å². The van der Waals surface area contributed by atoms with Crippen LogP contribution in [0.1, 0.15) is 30.9 Å². The van der Waals surface area contributed by atoms with Crippen molar-refractivity contribution in [3.05, 3.63) is 35.9 Å². The SMILES string of the molecule is c1cc2c(cc1C1CCCN1c1ccc3nnnn3n1)OCCCO2. The maximum Gasteiger partial charge on any atom is 0.200 e. The number of hydrogen-bond acceptors (Lipinski definition) is 7. The molecular formula is C17H18N6O2. The predicted octanol–water partition coefficient (Wildman–Crippen LogP) is 2.02. The molecule has 4 heterocycles. The van der Waals surface area contributed by atoms with Crippen LogP contribution >= 0.6 is 0 Å². The van der Waals surface area contributed by atoms with Crippen molar-refractivity contribution >= 4 is 11.5 Å². The molecule has 0 N–H and O–H groups in total. The van der Waals surface area contributed by atoms with Crippen LogP contribution in [0.25, 0.3) is 5.65 Å². The molecule has 0 aliphatic carbocycles. The summed E-state index contributed by atoms with van der Waals surface area (Å²) in [6.07, 6.45) is 3.11. The number of ether oxygens (including phenoxy) is 2. The van der Waals surface area contributed by atoms with Crippen LogP contribution in [0.4, 0.5) is 5.82 Å². The molecule has 0 amide bonds. The van der Waals surface area contributed by atoms with E-state index in [0.717, 1.165) is 43.1 Å². The van der Waals surface area contributed by atoms with Crippen LogP contribution in [0.15, 0.2) is 30.3 Å². The zero-order chi connectivity index (χ0) is 16.6. The van der Waals surface area contributed by atoms with Crippen LogP contribution in [0.2, 0.25) is 0 Å². The Labute approximate surface area is 144 Å². The first-order valence-electron chi connectivity index (χ1n) is 8.60. The molecule has 8 heteroatoms. The normalized spacial score (nSPS) is 20.0. The number of aromatic nitrogens is 5. The second-order valence-electron chi connectivity index (χ2n) is 6.33. The number of tetrazole rings is 1. The molecule has 8 nitrogen and oxygen atoms in total. The fraction of sp³-hybridized carbons (Fsp3) is 0.412. The van der Waals surface area contributed by atoms with Crippen LogP contribution < -0.4 is 14.4 Å². The Hall–Kier alpha value is -2.90. The number of benzene rings is 1. The Bertz CT molecular complexity index is 911. The molecule has 2 aromatic heterocycles. The Morgan fingerprint density at radius 3 is 2.88 bits per heavy atom. The van der Waals surface area contributed by atoms with Gasteiger partial charge < -0.3 is 14.4 Å². The van der Waals surface area contributed by atoms with E-state index in [1.807, 2.05) is 18.2 Å². The van der Waals surface area contributed by atoms with E-state index in [2.05, 4.69) is 37.7 Å². The van der Waals surface area contributed by atoms with Gasteiger partial charge in [-0.25, -0.2) is 0 Å².